The van der Waals surface area contributed by atoms with Gasteiger partial charge in [-0.15, -0.1) is 11.3 Å². The Kier molecular flexibility index (Phi) is 4.77. The van der Waals surface area contributed by atoms with E-state index in [1.165, 1.54) is 6.92 Å². The molecule has 6 heteroatoms. The largest absolute Gasteiger partial charge is 0.379 e. The molecule has 4 nitrogen and oxygen atoms in total. The summed E-state index contributed by atoms with van der Waals surface area (Å²) in [5.41, 5.74) is 2.35. The highest BCUT2D eigenvalue weighted by Crippen LogP contribution is 2.27. The molecule has 1 aromatic carbocycles. The normalized spacial score (nSPS) is 9.85. The Morgan fingerprint density at radius 3 is 2.85 bits per heavy atom. The van der Waals surface area contributed by atoms with E-state index in [2.05, 4.69) is 32.6 Å². The third-order valence-corrected chi connectivity index (χ3v) is 4.17. The fourth-order valence-corrected chi connectivity index (χ4v) is 2.97. The van der Waals surface area contributed by atoms with E-state index >= 15 is 0 Å². The highest BCUT2D eigenvalue weighted by atomic mass is 79.9. The van der Waals surface area contributed by atoms with Gasteiger partial charge in [-0.2, -0.15) is 5.26 Å². The number of nitrogens with zero attached hydrogens (tertiary/aromatic N) is 1. The number of benzene rings is 1. The minimum absolute atomic E-state index is 0.0794. The molecule has 0 aliphatic rings. The molecular formula is C14H12BrN3OS. The number of hydrogen-bond donors (Lipinski definition) is 2. The highest BCUT2D eigenvalue weighted by Gasteiger charge is 2.07. The average molecular weight is 350 g/mol. The number of carbonyl (C=O) groups is 1. The van der Waals surface area contributed by atoms with Gasteiger partial charge in [-0.05, 0) is 45.6 Å². The van der Waals surface area contributed by atoms with Gasteiger partial charge >= 0.3 is 0 Å². The lowest BCUT2D eigenvalue weighted by atomic mass is 10.2. The predicted molar refractivity (Wildman–Crippen MR) is 84.8 cm³/mol. The van der Waals surface area contributed by atoms with E-state index in [4.69, 9.17) is 5.26 Å². The zero-order valence-electron chi connectivity index (χ0n) is 10.7. The van der Waals surface area contributed by atoms with E-state index in [1.807, 2.05) is 17.5 Å². The number of anilines is 2. The first kappa shape index (κ1) is 14.6. The molecule has 0 bridgehead atoms. The number of thiophene rings is 1. The van der Waals surface area contributed by atoms with Crippen LogP contribution in [0, 0.1) is 11.3 Å². The summed E-state index contributed by atoms with van der Waals surface area (Å²) >= 11 is 5.01. The van der Waals surface area contributed by atoms with Gasteiger partial charge in [0.2, 0.25) is 5.91 Å². The van der Waals surface area contributed by atoms with Crippen LogP contribution in [0.25, 0.3) is 0 Å². The van der Waals surface area contributed by atoms with Crippen LogP contribution in [0.1, 0.15) is 17.4 Å². The van der Waals surface area contributed by atoms with Crippen LogP contribution in [-0.4, -0.2) is 5.91 Å². The summed E-state index contributed by atoms with van der Waals surface area (Å²) in [6, 6.07) is 9.36. The zero-order valence-corrected chi connectivity index (χ0v) is 13.1. The highest BCUT2D eigenvalue weighted by molar-refractivity contribution is 9.10. The van der Waals surface area contributed by atoms with Crippen molar-refractivity contribution in [1.29, 1.82) is 5.26 Å². The lowest BCUT2D eigenvalue weighted by Gasteiger charge is -2.09. The molecule has 0 unspecified atom stereocenters. The van der Waals surface area contributed by atoms with Crippen molar-refractivity contribution in [1.82, 2.24) is 0 Å². The Labute approximate surface area is 129 Å². The second kappa shape index (κ2) is 6.55. The first-order valence-corrected chi connectivity index (χ1v) is 7.55. The van der Waals surface area contributed by atoms with Crippen molar-refractivity contribution in [2.45, 2.75) is 13.5 Å². The molecule has 0 saturated carbocycles. The number of nitriles is 1. The van der Waals surface area contributed by atoms with Crippen LogP contribution < -0.4 is 10.6 Å². The van der Waals surface area contributed by atoms with E-state index < -0.39 is 0 Å². The first-order valence-electron chi connectivity index (χ1n) is 5.87. The van der Waals surface area contributed by atoms with Gasteiger partial charge in [0.05, 0.1) is 23.9 Å². The van der Waals surface area contributed by atoms with Crippen molar-refractivity contribution in [2.24, 2.45) is 0 Å². The molecule has 1 amide bonds. The molecule has 20 heavy (non-hydrogen) atoms. The molecule has 1 heterocycles. The molecule has 0 aliphatic carbocycles. The Balaban J connectivity index is 2.08. The summed E-state index contributed by atoms with van der Waals surface area (Å²) in [5.74, 6) is -0.0794. The number of carbonyl (C=O) groups excluding carboxylic acids is 1. The van der Waals surface area contributed by atoms with Crippen LogP contribution in [0.4, 0.5) is 11.4 Å². The van der Waals surface area contributed by atoms with Crippen LogP contribution in [0.3, 0.4) is 0 Å². The monoisotopic (exact) mass is 349 g/mol. The van der Waals surface area contributed by atoms with Crippen molar-refractivity contribution >= 4 is 44.5 Å². The van der Waals surface area contributed by atoms with Crippen molar-refractivity contribution in [3.05, 3.63) is 44.6 Å². The third-order valence-electron chi connectivity index (χ3n) is 2.59. The van der Waals surface area contributed by atoms with Crippen LogP contribution in [-0.2, 0) is 11.3 Å². The average Bonchev–Trinajstić information content (AvgIpc) is 2.83. The topological polar surface area (TPSA) is 64.9 Å². The number of nitrogens with one attached hydrogen (secondary N) is 2. The van der Waals surface area contributed by atoms with Crippen LogP contribution >= 0.6 is 27.3 Å². The lowest BCUT2D eigenvalue weighted by Crippen LogP contribution is -2.08. The molecule has 0 fully saturated rings. The minimum Gasteiger partial charge on any atom is -0.379 e. The number of halogens is 1. The van der Waals surface area contributed by atoms with Gasteiger partial charge in [0, 0.05) is 22.0 Å². The fourth-order valence-electron chi connectivity index (χ4n) is 1.68. The summed E-state index contributed by atoms with van der Waals surface area (Å²) < 4.78 is 0.842. The molecular weight excluding hydrogens is 338 g/mol. The quantitative estimate of drug-likeness (QED) is 0.877. The standard InChI is InChI=1S/C14H12BrN3OS/c1-9(19)18-13-4-5-20-14(13)8-17-12-3-2-10(7-16)6-11(12)15/h2-6,17H,8H2,1H3,(H,18,19). The van der Waals surface area contributed by atoms with Crippen LogP contribution in [0.15, 0.2) is 34.1 Å². The summed E-state index contributed by atoms with van der Waals surface area (Å²) in [6.07, 6.45) is 0. The van der Waals surface area contributed by atoms with Crippen molar-refractivity contribution in [2.75, 3.05) is 10.6 Å². The van der Waals surface area contributed by atoms with Gasteiger partial charge in [-0.25, -0.2) is 0 Å². The van der Waals surface area contributed by atoms with E-state index in [0.29, 0.717) is 12.1 Å². The van der Waals surface area contributed by atoms with Crippen molar-refractivity contribution in [3.63, 3.8) is 0 Å². The van der Waals surface area contributed by atoms with E-state index in [-0.39, 0.29) is 5.91 Å². The Morgan fingerprint density at radius 2 is 2.20 bits per heavy atom. The van der Waals surface area contributed by atoms with E-state index in [9.17, 15) is 4.79 Å². The molecule has 2 rings (SSSR count). The fraction of sp³-hybridized carbons (Fsp3) is 0.143. The second-order valence-corrected chi connectivity index (χ2v) is 5.95. The first-order chi connectivity index (χ1) is 9.60. The van der Waals surface area contributed by atoms with Gasteiger partial charge in [-0.3, -0.25) is 4.79 Å². The Morgan fingerprint density at radius 1 is 1.40 bits per heavy atom. The zero-order chi connectivity index (χ0) is 14.5. The maximum atomic E-state index is 11.1. The molecule has 0 radical (unpaired) electrons. The molecule has 0 saturated heterocycles. The van der Waals surface area contributed by atoms with Crippen LogP contribution in [0.2, 0.25) is 0 Å². The maximum absolute atomic E-state index is 11.1. The number of rotatable bonds is 4. The van der Waals surface area contributed by atoms with Gasteiger partial charge in [0.15, 0.2) is 0 Å². The van der Waals surface area contributed by atoms with Gasteiger partial charge in [0.1, 0.15) is 0 Å². The molecule has 2 aromatic rings. The van der Waals surface area contributed by atoms with Crippen LogP contribution in [0.5, 0.6) is 0 Å². The minimum atomic E-state index is -0.0794. The molecule has 0 aliphatic heterocycles. The molecule has 0 atom stereocenters. The summed E-state index contributed by atoms with van der Waals surface area (Å²) in [7, 11) is 0. The second-order valence-electron chi connectivity index (χ2n) is 4.10. The smallest absolute Gasteiger partial charge is 0.221 e. The maximum Gasteiger partial charge on any atom is 0.221 e. The SMILES string of the molecule is CC(=O)Nc1ccsc1CNc1ccc(C#N)cc1Br. The van der Waals surface area contributed by atoms with E-state index in [1.54, 1.807) is 23.5 Å². The van der Waals surface area contributed by atoms with Gasteiger partial charge in [0.25, 0.3) is 0 Å². The summed E-state index contributed by atoms with van der Waals surface area (Å²) in [6.45, 7) is 2.10. The molecule has 2 N–H and O–H groups in total. The summed E-state index contributed by atoms with van der Waals surface area (Å²) in [4.78, 5) is 12.1. The molecule has 0 spiro atoms. The molecule has 1 aromatic heterocycles. The van der Waals surface area contributed by atoms with Crippen molar-refractivity contribution in [3.8, 4) is 6.07 Å². The third kappa shape index (κ3) is 3.59. The molecule has 102 valence electrons. The Hall–Kier alpha value is -1.84. The van der Waals surface area contributed by atoms with E-state index in [0.717, 1.165) is 20.7 Å². The summed E-state index contributed by atoms with van der Waals surface area (Å²) in [5, 5.41) is 16.8. The predicted octanol–water partition coefficient (Wildman–Crippen LogP) is 3.95. The number of hydrogen-bond acceptors (Lipinski definition) is 4. The lowest BCUT2D eigenvalue weighted by molar-refractivity contribution is -0.114. The van der Waals surface area contributed by atoms with Crippen molar-refractivity contribution < 1.29 is 4.79 Å². The van der Waals surface area contributed by atoms with Gasteiger partial charge in [-0.1, -0.05) is 0 Å². The van der Waals surface area contributed by atoms with Gasteiger partial charge < -0.3 is 10.6 Å². The number of amides is 1. The Bertz CT molecular complexity index is 675.